The second-order valence-electron chi connectivity index (χ2n) is 4.61. The number of hydrogen-bond acceptors (Lipinski definition) is 1. The van der Waals surface area contributed by atoms with Gasteiger partial charge in [0.15, 0.2) is 0 Å². The molecule has 1 unspecified atom stereocenters. The van der Waals surface area contributed by atoms with Crippen molar-refractivity contribution in [3.05, 3.63) is 12.2 Å². The predicted octanol–water partition coefficient (Wildman–Crippen LogP) is 3.62. The van der Waals surface area contributed by atoms with E-state index >= 15 is 0 Å². The van der Waals surface area contributed by atoms with Gasteiger partial charge < -0.3 is 5.11 Å². The zero-order valence-corrected chi connectivity index (χ0v) is 9.61. The van der Waals surface area contributed by atoms with E-state index in [0.717, 1.165) is 24.7 Å². The third-order valence-corrected chi connectivity index (χ3v) is 3.27. The van der Waals surface area contributed by atoms with Gasteiger partial charge in [0.1, 0.15) is 0 Å². The van der Waals surface area contributed by atoms with Crippen LogP contribution in [0, 0.1) is 11.8 Å². The number of unbranched alkanes of at least 4 members (excludes halogenated alkanes) is 4. The van der Waals surface area contributed by atoms with Gasteiger partial charge in [-0.2, -0.15) is 0 Å². The molecule has 0 spiro atoms. The summed E-state index contributed by atoms with van der Waals surface area (Å²) < 4.78 is 0. The van der Waals surface area contributed by atoms with Gasteiger partial charge in [-0.3, -0.25) is 4.79 Å². The Labute approximate surface area is 92.4 Å². The van der Waals surface area contributed by atoms with E-state index in [0.29, 0.717) is 6.42 Å². The molecule has 0 radical (unpaired) electrons. The van der Waals surface area contributed by atoms with Crippen LogP contribution in [0.25, 0.3) is 0 Å². The van der Waals surface area contributed by atoms with Gasteiger partial charge in [-0.1, -0.05) is 44.8 Å². The highest BCUT2D eigenvalue weighted by molar-refractivity contribution is 5.66. The van der Waals surface area contributed by atoms with Gasteiger partial charge in [-0.15, -0.1) is 0 Å². The van der Waals surface area contributed by atoms with Crippen molar-refractivity contribution >= 4 is 5.97 Å². The van der Waals surface area contributed by atoms with Crippen LogP contribution in [0.2, 0.25) is 0 Å². The van der Waals surface area contributed by atoms with Crippen molar-refractivity contribution < 1.29 is 9.90 Å². The van der Waals surface area contributed by atoms with E-state index in [1.54, 1.807) is 0 Å². The zero-order chi connectivity index (χ0) is 11.1. The quantitative estimate of drug-likeness (QED) is 0.490. The molecule has 0 heterocycles. The van der Waals surface area contributed by atoms with Crippen molar-refractivity contribution in [3.8, 4) is 0 Å². The van der Waals surface area contributed by atoms with Crippen molar-refractivity contribution in [3.63, 3.8) is 0 Å². The molecule has 0 aromatic rings. The molecule has 15 heavy (non-hydrogen) atoms. The largest absolute Gasteiger partial charge is 0.481 e. The number of hydrogen-bond donors (Lipinski definition) is 1. The van der Waals surface area contributed by atoms with Crippen LogP contribution in [0.1, 0.15) is 51.9 Å². The lowest BCUT2D eigenvalue weighted by atomic mass is 9.80. The Bertz CT molecular complexity index is 221. The van der Waals surface area contributed by atoms with Crippen molar-refractivity contribution in [1.82, 2.24) is 0 Å². The molecule has 86 valence electrons. The molecule has 0 aliphatic heterocycles. The summed E-state index contributed by atoms with van der Waals surface area (Å²) in [5.41, 5.74) is 0. The van der Waals surface area contributed by atoms with Gasteiger partial charge in [0.2, 0.25) is 0 Å². The maximum atomic E-state index is 10.3. The van der Waals surface area contributed by atoms with Gasteiger partial charge in [0.05, 0.1) is 0 Å². The summed E-state index contributed by atoms with van der Waals surface area (Å²) in [5, 5.41) is 8.45. The first-order valence-corrected chi connectivity index (χ1v) is 6.10. The summed E-state index contributed by atoms with van der Waals surface area (Å²) in [5.74, 6) is 0.949. The summed E-state index contributed by atoms with van der Waals surface area (Å²) in [6, 6.07) is 0. The summed E-state index contributed by atoms with van der Waals surface area (Å²) in [6.45, 7) is 2.28. The van der Waals surface area contributed by atoms with Crippen LogP contribution in [0.4, 0.5) is 0 Å². The average molecular weight is 210 g/mol. The molecular weight excluding hydrogens is 188 g/mol. The normalized spacial score (nSPS) is 23.8. The van der Waals surface area contributed by atoms with Crippen molar-refractivity contribution in [2.45, 2.75) is 51.9 Å². The van der Waals surface area contributed by atoms with Crippen LogP contribution in [-0.2, 0) is 4.79 Å². The first kappa shape index (κ1) is 12.3. The second kappa shape index (κ2) is 6.65. The van der Waals surface area contributed by atoms with E-state index < -0.39 is 5.97 Å². The summed E-state index contributed by atoms with van der Waals surface area (Å²) in [6.07, 6.45) is 11.9. The molecule has 0 saturated carbocycles. The van der Waals surface area contributed by atoms with Gasteiger partial charge in [-0.05, 0) is 24.7 Å². The molecule has 0 fully saturated rings. The molecule has 1 aliphatic carbocycles. The molecular formula is C13H22O2. The van der Waals surface area contributed by atoms with Crippen molar-refractivity contribution in [1.29, 1.82) is 0 Å². The Morgan fingerprint density at radius 2 is 1.80 bits per heavy atom. The lowest BCUT2D eigenvalue weighted by Gasteiger charge is -2.25. The van der Waals surface area contributed by atoms with Gasteiger partial charge in [0, 0.05) is 6.42 Å². The predicted molar refractivity (Wildman–Crippen MR) is 61.7 cm³/mol. The number of rotatable bonds is 8. The van der Waals surface area contributed by atoms with E-state index in [-0.39, 0.29) is 0 Å². The third kappa shape index (κ3) is 5.01. The Hall–Kier alpha value is -0.790. The molecule has 0 bridgehead atoms. The Kier molecular flexibility index (Phi) is 5.44. The first-order valence-electron chi connectivity index (χ1n) is 6.10. The van der Waals surface area contributed by atoms with E-state index in [4.69, 9.17) is 5.11 Å². The van der Waals surface area contributed by atoms with Crippen LogP contribution in [-0.4, -0.2) is 11.1 Å². The molecule has 1 rings (SSSR count). The van der Waals surface area contributed by atoms with Crippen LogP contribution < -0.4 is 0 Å². The molecule has 0 aromatic heterocycles. The minimum atomic E-state index is -0.663. The summed E-state index contributed by atoms with van der Waals surface area (Å²) >= 11 is 0. The highest BCUT2D eigenvalue weighted by Crippen LogP contribution is 2.29. The highest BCUT2D eigenvalue weighted by atomic mass is 16.4. The first-order chi connectivity index (χ1) is 7.20. The number of aliphatic carboxylic acids is 1. The molecule has 2 nitrogen and oxygen atoms in total. The van der Waals surface area contributed by atoms with Crippen LogP contribution in [0.15, 0.2) is 12.2 Å². The van der Waals surface area contributed by atoms with Crippen LogP contribution >= 0.6 is 0 Å². The average Bonchev–Trinajstić information content (AvgIpc) is 2.19. The highest BCUT2D eigenvalue weighted by Gasteiger charge is 2.18. The van der Waals surface area contributed by atoms with Crippen LogP contribution in [0.5, 0.6) is 0 Å². The number of carboxylic acids is 1. The van der Waals surface area contributed by atoms with Gasteiger partial charge >= 0.3 is 5.97 Å². The van der Waals surface area contributed by atoms with Crippen molar-refractivity contribution in [2.24, 2.45) is 11.8 Å². The van der Waals surface area contributed by atoms with Crippen molar-refractivity contribution in [2.75, 3.05) is 0 Å². The van der Waals surface area contributed by atoms with E-state index in [1.165, 1.54) is 25.7 Å². The molecule has 1 aliphatic rings. The zero-order valence-electron chi connectivity index (χ0n) is 9.61. The lowest BCUT2D eigenvalue weighted by Crippen LogP contribution is -2.14. The molecule has 2 atom stereocenters. The fraction of sp³-hybridized carbons (Fsp3) is 0.769. The standard InChI is InChI=1S/C13H22O2/c1-11-9-10-12(11)7-5-3-2-4-6-8-13(14)15/h9-12H,2-8H2,1H3,(H,14,15)/t11-,12?/m0/s1. The van der Waals surface area contributed by atoms with Gasteiger partial charge in [0.25, 0.3) is 0 Å². The SMILES string of the molecule is C[C@H]1C=CC1CCCCCCCC(=O)O. The van der Waals surface area contributed by atoms with E-state index in [1.807, 2.05) is 0 Å². The monoisotopic (exact) mass is 210 g/mol. The lowest BCUT2D eigenvalue weighted by molar-refractivity contribution is -0.137. The molecule has 1 N–H and O–H groups in total. The second-order valence-corrected chi connectivity index (χ2v) is 4.61. The molecule has 0 aromatic carbocycles. The van der Waals surface area contributed by atoms with E-state index in [9.17, 15) is 4.79 Å². The van der Waals surface area contributed by atoms with Gasteiger partial charge in [-0.25, -0.2) is 0 Å². The third-order valence-electron chi connectivity index (χ3n) is 3.27. The minimum absolute atomic E-state index is 0.336. The fourth-order valence-corrected chi connectivity index (χ4v) is 2.04. The maximum absolute atomic E-state index is 10.3. The number of allylic oxidation sites excluding steroid dienone is 2. The molecule has 2 heteroatoms. The van der Waals surface area contributed by atoms with E-state index in [2.05, 4.69) is 19.1 Å². The number of carbonyl (C=O) groups is 1. The minimum Gasteiger partial charge on any atom is -0.481 e. The topological polar surface area (TPSA) is 37.3 Å². The summed E-state index contributed by atoms with van der Waals surface area (Å²) in [7, 11) is 0. The smallest absolute Gasteiger partial charge is 0.303 e. The Balaban J connectivity index is 1.81. The Morgan fingerprint density at radius 3 is 2.33 bits per heavy atom. The molecule has 0 amide bonds. The fourth-order valence-electron chi connectivity index (χ4n) is 2.04. The maximum Gasteiger partial charge on any atom is 0.303 e. The molecule has 0 saturated heterocycles. The summed E-state index contributed by atoms with van der Waals surface area (Å²) in [4.78, 5) is 10.3. The van der Waals surface area contributed by atoms with Crippen LogP contribution in [0.3, 0.4) is 0 Å². The Morgan fingerprint density at radius 1 is 1.13 bits per heavy atom. The number of carboxylic acid groups (broad SMARTS) is 1.